The van der Waals surface area contributed by atoms with Crippen LogP contribution in [0.25, 0.3) is 0 Å². The van der Waals surface area contributed by atoms with Gasteiger partial charge in [0, 0.05) is 5.56 Å². The fraction of sp³-hybridized carbons (Fsp3) is 0.400. The van der Waals surface area contributed by atoms with Crippen molar-refractivity contribution in [1.82, 2.24) is 4.98 Å². The molecule has 0 amide bonds. The Hall–Kier alpha value is -1.92. The maximum Gasteiger partial charge on any atom is 0.310 e. The number of pyridine rings is 1. The van der Waals surface area contributed by atoms with E-state index in [0.29, 0.717) is 0 Å². The van der Waals surface area contributed by atoms with Gasteiger partial charge in [-0.15, -0.1) is 0 Å². The number of carbonyl (C=O) groups is 1. The zero-order chi connectivity index (χ0) is 13.0. The Labute approximate surface area is 96.5 Å². The van der Waals surface area contributed by atoms with E-state index in [1.54, 1.807) is 0 Å². The first-order valence-corrected chi connectivity index (χ1v) is 4.67. The second-order valence-corrected chi connectivity index (χ2v) is 3.16. The van der Waals surface area contributed by atoms with E-state index in [4.69, 9.17) is 10.5 Å². The van der Waals surface area contributed by atoms with Gasteiger partial charge in [-0.1, -0.05) is 0 Å². The Balaban J connectivity index is 3.22. The number of methoxy groups -OCH3 is 2. The lowest BCUT2D eigenvalue weighted by atomic mass is 10.1. The molecule has 0 bridgehead atoms. The summed E-state index contributed by atoms with van der Waals surface area (Å²) in [7, 11) is 2.53. The van der Waals surface area contributed by atoms with Crippen molar-refractivity contribution in [2.45, 2.75) is 12.8 Å². The quantitative estimate of drug-likeness (QED) is 0.811. The summed E-state index contributed by atoms with van der Waals surface area (Å²) in [5.74, 6) is -0.418. The Kier molecular flexibility index (Phi) is 4.19. The summed E-state index contributed by atoms with van der Waals surface area (Å²) in [5, 5.41) is 0. The molecule has 0 spiro atoms. The minimum absolute atomic E-state index is 0.157. The molecule has 0 aliphatic rings. The van der Waals surface area contributed by atoms with E-state index in [-0.39, 0.29) is 23.4 Å². The molecular weight excluding hydrogens is 234 g/mol. The minimum Gasteiger partial charge on any atom is -0.495 e. The molecule has 1 heterocycles. The van der Waals surface area contributed by atoms with Crippen molar-refractivity contribution in [3.8, 4) is 5.75 Å². The molecule has 0 aromatic carbocycles. The van der Waals surface area contributed by atoms with Crippen LogP contribution in [-0.4, -0.2) is 25.2 Å². The summed E-state index contributed by atoms with van der Waals surface area (Å²) in [6, 6.07) is 0. The van der Waals surface area contributed by atoms with Crippen LogP contribution in [0.2, 0.25) is 0 Å². The molecule has 1 aromatic heterocycles. The largest absolute Gasteiger partial charge is 0.495 e. The van der Waals surface area contributed by atoms with Crippen molar-refractivity contribution in [2.24, 2.45) is 0 Å². The Morgan fingerprint density at radius 2 is 2.18 bits per heavy atom. The average molecular weight is 246 g/mol. The Morgan fingerprint density at radius 3 is 2.65 bits per heavy atom. The number of carbonyl (C=O) groups excluding carboxylic acids is 1. The number of nitrogens with zero attached hydrogens (tertiary/aromatic N) is 1. The lowest BCUT2D eigenvalue weighted by Crippen LogP contribution is -2.11. The minimum atomic E-state index is -2.81. The number of halogens is 2. The highest BCUT2D eigenvalue weighted by Crippen LogP contribution is 2.31. The van der Waals surface area contributed by atoms with Gasteiger partial charge in [0.25, 0.3) is 6.43 Å². The molecule has 7 heteroatoms. The number of hydrogen-bond acceptors (Lipinski definition) is 5. The molecule has 2 N–H and O–H groups in total. The van der Waals surface area contributed by atoms with Gasteiger partial charge >= 0.3 is 5.97 Å². The van der Waals surface area contributed by atoms with E-state index in [0.717, 1.165) is 6.20 Å². The number of anilines is 1. The maximum atomic E-state index is 12.6. The maximum absolute atomic E-state index is 12.6. The summed E-state index contributed by atoms with van der Waals surface area (Å²) in [5.41, 5.74) is 4.88. The van der Waals surface area contributed by atoms with E-state index in [1.165, 1.54) is 14.2 Å². The normalized spacial score (nSPS) is 10.4. The topological polar surface area (TPSA) is 74.4 Å². The summed E-state index contributed by atoms with van der Waals surface area (Å²) < 4.78 is 34.5. The van der Waals surface area contributed by atoms with E-state index in [2.05, 4.69) is 9.72 Å². The molecule has 0 aliphatic carbocycles. The van der Waals surface area contributed by atoms with E-state index in [1.807, 2.05) is 0 Å². The van der Waals surface area contributed by atoms with Crippen LogP contribution in [0.5, 0.6) is 5.75 Å². The first-order chi connectivity index (χ1) is 8.01. The third kappa shape index (κ3) is 2.80. The van der Waals surface area contributed by atoms with Crippen molar-refractivity contribution in [3.05, 3.63) is 17.5 Å². The number of nitrogens with two attached hydrogens (primary N) is 1. The number of hydrogen-bond donors (Lipinski definition) is 1. The molecule has 17 heavy (non-hydrogen) atoms. The summed E-state index contributed by atoms with van der Waals surface area (Å²) >= 11 is 0. The smallest absolute Gasteiger partial charge is 0.310 e. The van der Waals surface area contributed by atoms with Gasteiger partial charge in [-0.25, -0.2) is 13.8 Å². The van der Waals surface area contributed by atoms with Crippen LogP contribution in [-0.2, 0) is 16.0 Å². The second kappa shape index (κ2) is 5.42. The number of ether oxygens (including phenoxy) is 2. The molecule has 5 nitrogen and oxygen atoms in total. The van der Waals surface area contributed by atoms with E-state index < -0.39 is 18.1 Å². The molecule has 1 rings (SSSR count). The predicted molar refractivity (Wildman–Crippen MR) is 55.9 cm³/mol. The van der Waals surface area contributed by atoms with Gasteiger partial charge in [0.2, 0.25) is 0 Å². The molecule has 0 saturated heterocycles. The van der Waals surface area contributed by atoms with E-state index >= 15 is 0 Å². The van der Waals surface area contributed by atoms with Crippen molar-refractivity contribution >= 4 is 11.7 Å². The molecule has 1 aromatic rings. The van der Waals surface area contributed by atoms with Gasteiger partial charge in [0.05, 0.1) is 32.5 Å². The first-order valence-electron chi connectivity index (χ1n) is 4.67. The zero-order valence-electron chi connectivity index (χ0n) is 9.37. The van der Waals surface area contributed by atoms with Gasteiger partial charge < -0.3 is 15.2 Å². The fourth-order valence-corrected chi connectivity index (χ4v) is 1.31. The third-order valence-electron chi connectivity index (χ3n) is 2.19. The van der Waals surface area contributed by atoms with Gasteiger partial charge in [-0.3, -0.25) is 4.79 Å². The molecule has 0 fully saturated rings. The van der Waals surface area contributed by atoms with Crippen molar-refractivity contribution in [1.29, 1.82) is 0 Å². The number of alkyl halides is 2. The van der Waals surface area contributed by atoms with E-state index in [9.17, 15) is 13.6 Å². The highest BCUT2D eigenvalue weighted by atomic mass is 19.3. The molecule has 94 valence electrons. The van der Waals surface area contributed by atoms with Crippen LogP contribution >= 0.6 is 0 Å². The summed E-state index contributed by atoms with van der Waals surface area (Å²) in [4.78, 5) is 14.6. The third-order valence-corrected chi connectivity index (χ3v) is 2.19. The summed E-state index contributed by atoms with van der Waals surface area (Å²) in [6.07, 6.45) is -1.94. The Morgan fingerprint density at radius 1 is 1.53 bits per heavy atom. The lowest BCUT2D eigenvalue weighted by molar-refractivity contribution is -0.139. The highest BCUT2D eigenvalue weighted by Gasteiger charge is 2.21. The first kappa shape index (κ1) is 13.1. The van der Waals surface area contributed by atoms with Crippen LogP contribution in [0.3, 0.4) is 0 Å². The van der Waals surface area contributed by atoms with Crippen LogP contribution in [0.1, 0.15) is 17.7 Å². The SMILES string of the molecule is COC(=O)Cc1c(OC)cnc(C(F)F)c1N. The van der Waals surface area contributed by atoms with Crippen molar-refractivity contribution < 1.29 is 23.0 Å². The molecule has 0 saturated carbocycles. The lowest BCUT2D eigenvalue weighted by Gasteiger charge is -2.13. The van der Waals surface area contributed by atoms with Gasteiger partial charge in [0.1, 0.15) is 11.4 Å². The van der Waals surface area contributed by atoms with Crippen LogP contribution in [0, 0.1) is 0 Å². The molecular formula is C10H12F2N2O3. The summed E-state index contributed by atoms with van der Waals surface area (Å²) in [6.45, 7) is 0. The zero-order valence-corrected chi connectivity index (χ0v) is 9.37. The Bertz CT molecular complexity index is 424. The fourth-order valence-electron chi connectivity index (χ4n) is 1.31. The van der Waals surface area contributed by atoms with Crippen LogP contribution < -0.4 is 10.5 Å². The van der Waals surface area contributed by atoms with Crippen molar-refractivity contribution in [3.63, 3.8) is 0 Å². The van der Waals surface area contributed by atoms with Gasteiger partial charge in [-0.2, -0.15) is 0 Å². The average Bonchev–Trinajstić information content (AvgIpc) is 2.30. The number of esters is 1. The molecule has 0 atom stereocenters. The second-order valence-electron chi connectivity index (χ2n) is 3.16. The molecule has 0 aliphatic heterocycles. The predicted octanol–water partition coefficient (Wildman–Crippen LogP) is 1.33. The van der Waals surface area contributed by atoms with Crippen molar-refractivity contribution in [2.75, 3.05) is 20.0 Å². The van der Waals surface area contributed by atoms with Gasteiger partial charge in [-0.05, 0) is 0 Å². The monoisotopic (exact) mass is 246 g/mol. The van der Waals surface area contributed by atoms with Gasteiger partial charge in [0.15, 0.2) is 0 Å². The highest BCUT2D eigenvalue weighted by molar-refractivity contribution is 5.76. The molecule has 0 unspecified atom stereocenters. The van der Waals surface area contributed by atoms with Crippen LogP contribution in [0.15, 0.2) is 6.20 Å². The number of rotatable bonds is 4. The number of aromatic nitrogens is 1. The standard InChI is InChI=1S/C10H12F2N2O3/c1-16-6-4-14-9(10(11)12)8(13)5(6)3-7(15)17-2/h4,10H,3,13H2,1-2H3. The van der Waals surface area contributed by atoms with Crippen LogP contribution in [0.4, 0.5) is 14.5 Å². The number of nitrogen functional groups attached to an aromatic ring is 1. The molecule has 0 radical (unpaired) electrons.